The van der Waals surface area contributed by atoms with Crippen LogP contribution < -0.4 is 5.32 Å². The van der Waals surface area contributed by atoms with Crippen molar-refractivity contribution in [3.05, 3.63) is 30.3 Å². The lowest BCUT2D eigenvalue weighted by Gasteiger charge is -1.92. The Morgan fingerprint density at radius 1 is 1.00 bits per heavy atom. The molecule has 1 fully saturated rings. The number of amides is 2. The largest absolute Gasteiger partial charge is 0.296 e. The van der Waals surface area contributed by atoms with Crippen LogP contribution in [0.1, 0.15) is 12.8 Å². The molecule has 1 aromatic carbocycles. The van der Waals surface area contributed by atoms with Crippen LogP contribution in [0.5, 0.6) is 0 Å². The number of imide groups is 1. The summed E-state index contributed by atoms with van der Waals surface area (Å²) in [6, 6.07) is 7.42. The van der Waals surface area contributed by atoms with E-state index in [2.05, 4.69) is 5.32 Å². The lowest BCUT2D eigenvalue weighted by molar-refractivity contribution is -0.124. The van der Waals surface area contributed by atoms with Gasteiger partial charge in [0.25, 0.3) is 10.1 Å². The van der Waals surface area contributed by atoms with Gasteiger partial charge in [-0.05, 0) is 12.1 Å². The molecular formula is C10H11NO5S. The second-order valence-corrected chi connectivity index (χ2v) is 4.68. The number of carbonyl (C=O) groups excluding carboxylic acids is 2. The van der Waals surface area contributed by atoms with Crippen molar-refractivity contribution in [3.63, 3.8) is 0 Å². The van der Waals surface area contributed by atoms with Crippen molar-refractivity contribution < 1.29 is 22.6 Å². The Morgan fingerprint density at radius 3 is 1.71 bits per heavy atom. The van der Waals surface area contributed by atoms with Crippen LogP contribution in [0.4, 0.5) is 0 Å². The van der Waals surface area contributed by atoms with Crippen LogP contribution in [-0.4, -0.2) is 24.8 Å². The third kappa shape index (κ3) is 4.75. The normalized spacial score (nSPS) is 14.9. The number of rotatable bonds is 1. The fourth-order valence-corrected chi connectivity index (χ4v) is 1.60. The molecular weight excluding hydrogens is 246 g/mol. The van der Waals surface area contributed by atoms with Crippen molar-refractivity contribution in [2.75, 3.05) is 0 Å². The number of hydrogen-bond acceptors (Lipinski definition) is 4. The number of carbonyl (C=O) groups is 2. The molecule has 2 rings (SSSR count). The molecule has 0 saturated carbocycles. The predicted octanol–water partition coefficient (Wildman–Crippen LogP) is 0.356. The summed E-state index contributed by atoms with van der Waals surface area (Å²) >= 11 is 0. The fourth-order valence-electron chi connectivity index (χ4n) is 1.10. The van der Waals surface area contributed by atoms with Gasteiger partial charge in [-0.15, -0.1) is 0 Å². The minimum absolute atomic E-state index is 0.0741. The van der Waals surface area contributed by atoms with Crippen molar-refractivity contribution in [2.45, 2.75) is 17.7 Å². The smallest absolute Gasteiger partial charge is 0.294 e. The first-order valence-corrected chi connectivity index (χ1v) is 6.19. The highest BCUT2D eigenvalue weighted by Crippen LogP contribution is 2.05. The van der Waals surface area contributed by atoms with E-state index in [-0.39, 0.29) is 16.7 Å². The van der Waals surface area contributed by atoms with E-state index < -0.39 is 10.1 Å². The molecule has 6 nitrogen and oxygen atoms in total. The SMILES string of the molecule is O=C1CCC(=O)N1.O=S(=O)(O)c1ccccc1. The van der Waals surface area contributed by atoms with Crippen LogP contribution in [0.3, 0.4) is 0 Å². The summed E-state index contributed by atoms with van der Waals surface area (Å²) in [5.74, 6) is -0.296. The van der Waals surface area contributed by atoms with Crippen LogP contribution in [-0.2, 0) is 19.7 Å². The van der Waals surface area contributed by atoms with E-state index in [0.29, 0.717) is 12.8 Å². The van der Waals surface area contributed by atoms with Crippen molar-refractivity contribution in [1.29, 1.82) is 0 Å². The molecule has 1 saturated heterocycles. The van der Waals surface area contributed by atoms with E-state index in [4.69, 9.17) is 4.55 Å². The third-order valence-electron chi connectivity index (χ3n) is 1.90. The maximum Gasteiger partial charge on any atom is 0.294 e. The molecule has 0 unspecified atom stereocenters. The highest BCUT2D eigenvalue weighted by atomic mass is 32.2. The Balaban J connectivity index is 0.000000181. The van der Waals surface area contributed by atoms with Crippen molar-refractivity contribution in [2.24, 2.45) is 0 Å². The Kier molecular flexibility index (Phi) is 4.36. The zero-order valence-electron chi connectivity index (χ0n) is 8.79. The van der Waals surface area contributed by atoms with E-state index in [0.717, 1.165) is 0 Å². The minimum Gasteiger partial charge on any atom is -0.296 e. The van der Waals surface area contributed by atoms with Crippen LogP contribution in [0.25, 0.3) is 0 Å². The van der Waals surface area contributed by atoms with Gasteiger partial charge in [0.15, 0.2) is 0 Å². The second kappa shape index (κ2) is 5.55. The highest BCUT2D eigenvalue weighted by molar-refractivity contribution is 7.85. The van der Waals surface area contributed by atoms with Gasteiger partial charge < -0.3 is 0 Å². The zero-order valence-corrected chi connectivity index (χ0v) is 9.61. The molecule has 0 atom stereocenters. The standard InChI is InChI=1S/C6H6O3S.C4H5NO2/c7-10(8,9)6-4-2-1-3-5-6;6-3-1-2-4(7)5-3/h1-5H,(H,7,8,9);1-2H2,(H,5,6,7). The van der Waals surface area contributed by atoms with E-state index in [1.165, 1.54) is 12.1 Å². The predicted molar refractivity (Wildman–Crippen MR) is 58.6 cm³/mol. The fraction of sp³-hybridized carbons (Fsp3) is 0.200. The van der Waals surface area contributed by atoms with Gasteiger partial charge >= 0.3 is 0 Å². The summed E-state index contributed by atoms with van der Waals surface area (Å²) in [7, 11) is -4.00. The molecule has 0 bridgehead atoms. The summed E-state index contributed by atoms with van der Waals surface area (Å²) in [4.78, 5) is 20.2. The maximum absolute atomic E-state index is 10.4. The molecule has 0 spiro atoms. The maximum atomic E-state index is 10.4. The first-order chi connectivity index (χ1) is 7.89. The first-order valence-electron chi connectivity index (χ1n) is 4.75. The molecule has 17 heavy (non-hydrogen) atoms. The topological polar surface area (TPSA) is 101 Å². The number of benzene rings is 1. The van der Waals surface area contributed by atoms with Gasteiger partial charge in [0.1, 0.15) is 0 Å². The molecule has 0 aromatic heterocycles. The van der Waals surface area contributed by atoms with Gasteiger partial charge in [-0.3, -0.25) is 19.5 Å². The van der Waals surface area contributed by atoms with Crippen molar-refractivity contribution in [1.82, 2.24) is 5.32 Å². The van der Waals surface area contributed by atoms with Crippen LogP contribution in [0, 0.1) is 0 Å². The van der Waals surface area contributed by atoms with E-state index in [9.17, 15) is 18.0 Å². The van der Waals surface area contributed by atoms with E-state index in [1.54, 1.807) is 18.2 Å². The Hall–Kier alpha value is -1.73. The lowest BCUT2D eigenvalue weighted by Crippen LogP contribution is -2.18. The van der Waals surface area contributed by atoms with Gasteiger partial charge in [-0.25, -0.2) is 0 Å². The molecule has 0 aliphatic carbocycles. The monoisotopic (exact) mass is 257 g/mol. The summed E-state index contributed by atoms with van der Waals surface area (Å²) in [6.07, 6.45) is 0.748. The van der Waals surface area contributed by atoms with Crippen LogP contribution in [0.15, 0.2) is 35.2 Å². The molecule has 2 N–H and O–H groups in total. The van der Waals surface area contributed by atoms with E-state index >= 15 is 0 Å². The summed E-state index contributed by atoms with van der Waals surface area (Å²) < 4.78 is 29.2. The quantitative estimate of drug-likeness (QED) is 0.558. The molecule has 7 heteroatoms. The van der Waals surface area contributed by atoms with Crippen LogP contribution >= 0.6 is 0 Å². The summed E-state index contributed by atoms with van der Waals surface area (Å²) in [5.41, 5.74) is 0. The molecule has 1 heterocycles. The average Bonchev–Trinajstić information content (AvgIpc) is 2.63. The Bertz CT molecular complexity index is 495. The van der Waals surface area contributed by atoms with Gasteiger partial charge in [-0.2, -0.15) is 8.42 Å². The molecule has 2 amide bonds. The summed E-state index contributed by atoms with van der Waals surface area (Å²) in [5, 5.41) is 2.14. The third-order valence-corrected chi connectivity index (χ3v) is 2.77. The lowest BCUT2D eigenvalue weighted by atomic mass is 10.4. The average molecular weight is 257 g/mol. The molecule has 92 valence electrons. The Labute approximate surface area is 98.4 Å². The molecule has 1 aliphatic rings. The Morgan fingerprint density at radius 2 is 1.47 bits per heavy atom. The molecule has 0 radical (unpaired) electrons. The number of nitrogens with one attached hydrogen (secondary N) is 1. The van der Waals surface area contributed by atoms with Crippen molar-refractivity contribution in [3.8, 4) is 0 Å². The summed E-state index contributed by atoms with van der Waals surface area (Å²) in [6.45, 7) is 0. The molecule has 1 aliphatic heterocycles. The highest BCUT2D eigenvalue weighted by Gasteiger charge is 2.15. The van der Waals surface area contributed by atoms with E-state index in [1.807, 2.05) is 0 Å². The van der Waals surface area contributed by atoms with Gasteiger partial charge in [-0.1, -0.05) is 18.2 Å². The van der Waals surface area contributed by atoms with Gasteiger partial charge in [0, 0.05) is 12.8 Å². The van der Waals surface area contributed by atoms with Gasteiger partial charge in [0.05, 0.1) is 4.90 Å². The zero-order chi connectivity index (χ0) is 12.9. The first kappa shape index (κ1) is 13.3. The number of hydrogen-bond donors (Lipinski definition) is 2. The second-order valence-electron chi connectivity index (χ2n) is 3.26. The van der Waals surface area contributed by atoms with Crippen molar-refractivity contribution >= 4 is 21.9 Å². The minimum atomic E-state index is -4.00. The van der Waals surface area contributed by atoms with Crippen LogP contribution in [0.2, 0.25) is 0 Å². The van der Waals surface area contributed by atoms with Gasteiger partial charge in [0.2, 0.25) is 11.8 Å². The molecule has 1 aromatic rings.